The molecule has 2 rings (SSSR count). The van der Waals surface area contributed by atoms with Gasteiger partial charge in [0.2, 0.25) is 0 Å². The van der Waals surface area contributed by atoms with Gasteiger partial charge in [-0.05, 0) is 57.4 Å². The Labute approximate surface area is 115 Å². The van der Waals surface area contributed by atoms with Gasteiger partial charge in [-0.25, -0.2) is 4.79 Å². The molecular formula is C15H23N3O. The topological polar surface area (TPSA) is 44.4 Å². The van der Waals surface area contributed by atoms with Crippen molar-refractivity contribution in [1.29, 1.82) is 0 Å². The minimum Gasteiger partial charge on any atom is -0.372 e. The molecule has 1 fully saturated rings. The van der Waals surface area contributed by atoms with E-state index in [0.29, 0.717) is 0 Å². The maximum atomic E-state index is 11.6. The number of hydrogen-bond donors (Lipinski definition) is 2. The average molecular weight is 261 g/mol. The lowest BCUT2D eigenvalue weighted by Crippen LogP contribution is -2.34. The fraction of sp³-hybridized carbons (Fsp3) is 0.533. The molecule has 0 unspecified atom stereocenters. The van der Waals surface area contributed by atoms with Crippen molar-refractivity contribution in [2.45, 2.75) is 39.2 Å². The zero-order valence-corrected chi connectivity index (χ0v) is 11.8. The van der Waals surface area contributed by atoms with Crippen LogP contribution in [0.2, 0.25) is 0 Å². The fourth-order valence-electron chi connectivity index (χ4n) is 2.34. The second-order valence-electron chi connectivity index (χ2n) is 5.35. The number of carbonyl (C=O) groups is 1. The van der Waals surface area contributed by atoms with Crippen molar-refractivity contribution in [3.05, 3.63) is 24.3 Å². The number of nitrogens with zero attached hydrogens (tertiary/aromatic N) is 1. The summed E-state index contributed by atoms with van der Waals surface area (Å²) in [5.74, 6) is 0. The first-order valence-corrected chi connectivity index (χ1v) is 7.07. The lowest BCUT2D eigenvalue weighted by atomic mass is 10.1. The largest absolute Gasteiger partial charge is 0.372 e. The number of urea groups is 1. The Morgan fingerprint density at radius 1 is 1.11 bits per heavy atom. The molecule has 0 aliphatic carbocycles. The van der Waals surface area contributed by atoms with Crippen molar-refractivity contribution in [3.63, 3.8) is 0 Å². The van der Waals surface area contributed by atoms with Gasteiger partial charge in [0, 0.05) is 30.5 Å². The van der Waals surface area contributed by atoms with Crippen molar-refractivity contribution >= 4 is 17.4 Å². The van der Waals surface area contributed by atoms with Crippen molar-refractivity contribution in [1.82, 2.24) is 5.32 Å². The van der Waals surface area contributed by atoms with Crippen LogP contribution in [0.5, 0.6) is 0 Å². The molecular weight excluding hydrogens is 238 g/mol. The van der Waals surface area contributed by atoms with Gasteiger partial charge in [0.25, 0.3) is 0 Å². The number of carbonyl (C=O) groups excluding carboxylic acids is 1. The van der Waals surface area contributed by atoms with Crippen LogP contribution in [0, 0.1) is 0 Å². The third kappa shape index (κ3) is 4.16. The van der Waals surface area contributed by atoms with E-state index in [4.69, 9.17) is 0 Å². The van der Waals surface area contributed by atoms with E-state index in [1.807, 2.05) is 26.0 Å². The normalized spacial score (nSPS) is 15.4. The molecule has 104 valence electrons. The van der Waals surface area contributed by atoms with Crippen molar-refractivity contribution < 1.29 is 4.79 Å². The van der Waals surface area contributed by atoms with Gasteiger partial charge in [0.05, 0.1) is 0 Å². The van der Waals surface area contributed by atoms with Crippen LogP contribution in [0.15, 0.2) is 24.3 Å². The molecule has 0 aromatic heterocycles. The van der Waals surface area contributed by atoms with Gasteiger partial charge >= 0.3 is 6.03 Å². The third-order valence-corrected chi connectivity index (χ3v) is 3.27. The lowest BCUT2D eigenvalue weighted by Gasteiger charge is -2.28. The van der Waals surface area contributed by atoms with E-state index in [2.05, 4.69) is 27.7 Å². The molecule has 4 nitrogen and oxygen atoms in total. The third-order valence-electron chi connectivity index (χ3n) is 3.27. The highest BCUT2D eigenvalue weighted by molar-refractivity contribution is 5.89. The summed E-state index contributed by atoms with van der Waals surface area (Å²) < 4.78 is 0. The zero-order valence-electron chi connectivity index (χ0n) is 11.8. The molecule has 2 amide bonds. The Kier molecular flexibility index (Phi) is 4.66. The maximum absolute atomic E-state index is 11.6. The lowest BCUT2D eigenvalue weighted by molar-refractivity contribution is 0.250. The van der Waals surface area contributed by atoms with Gasteiger partial charge in [-0.1, -0.05) is 0 Å². The first-order chi connectivity index (χ1) is 9.15. The first-order valence-electron chi connectivity index (χ1n) is 7.07. The minimum absolute atomic E-state index is 0.146. The molecule has 1 heterocycles. The summed E-state index contributed by atoms with van der Waals surface area (Å²) in [7, 11) is 0. The summed E-state index contributed by atoms with van der Waals surface area (Å²) in [6.45, 7) is 6.17. The standard InChI is InChI=1S/C15H23N3O/c1-12(2)16-15(19)17-13-6-8-14(9-7-13)18-10-4-3-5-11-18/h6-9,12H,3-5,10-11H2,1-2H3,(H2,16,17,19). The molecule has 0 saturated carbocycles. The zero-order chi connectivity index (χ0) is 13.7. The molecule has 0 bridgehead atoms. The number of hydrogen-bond acceptors (Lipinski definition) is 2. The number of amides is 2. The minimum atomic E-state index is -0.152. The molecule has 1 aliphatic rings. The van der Waals surface area contributed by atoms with Gasteiger partial charge in [-0.2, -0.15) is 0 Å². The number of piperidine rings is 1. The second-order valence-corrected chi connectivity index (χ2v) is 5.35. The van der Waals surface area contributed by atoms with Crippen LogP contribution in [-0.2, 0) is 0 Å². The molecule has 0 spiro atoms. The van der Waals surface area contributed by atoms with Crippen LogP contribution in [-0.4, -0.2) is 25.2 Å². The highest BCUT2D eigenvalue weighted by atomic mass is 16.2. The molecule has 4 heteroatoms. The van der Waals surface area contributed by atoms with E-state index >= 15 is 0 Å². The Morgan fingerprint density at radius 2 is 1.74 bits per heavy atom. The summed E-state index contributed by atoms with van der Waals surface area (Å²) in [5, 5.41) is 5.64. The fourth-order valence-corrected chi connectivity index (χ4v) is 2.34. The van der Waals surface area contributed by atoms with Gasteiger partial charge < -0.3 is 15.5 Å². The van der Waals surface area contributed by atoms with Gasteiger partial charge in [-0.3, -0.25) is 0 Å². The highest BCUT2D eigenvalue weighted by Crippen LogP contribution is 2.21. The molecule has 2 N–H and O–H groups in total. The summed E-state index contributed by atoms with van der Waals surface area (Å²) >= 11 is 0. The Morgan fingerprint density at radius 3 is 2.32 bits per heavy atom. The first kappa shape index (κ1) is 13.7. The van der Waals surface area contributed by atoms with Crippen LogP contribution in [0.25, 0.3) is 0 Å². The highest BCUT2D eigenvalue weighted by Gasteiger charge is 2.10. The number of rotatable bonds is 3. The summed E-state index contributed by atoms with van der Waals surface area (Å²) in [6.07, 6.45) is 3.89. The van der Waals surface area contributed by atoms with E-state index in [0.717, 1.165) is 18.8 Å². The molecule has 19 heavy (non-hydrogen) atoms. The number of nitrogens with one attached hydrogen (secondary N) is 2. The predicted molar refractivity (Wildman–Crippen MR) is 79.8 cm³/mol. The monoisotopic (exact) mass is 261 g/mol. The molecule has 0 atom stereocenters. The Bertz CT molecular complexity index is 408. The average Bonchev–Trinajstić information content (AvgIpc) is 2.39. The number of benzene rings is 1. The summed E-state index contributed by atoms with van der Waals surface area (Å²) in [5.41, 5.74) is 2.08. The van der Waals surface area contributed by atoms with E-state index in [9.17, 15) is 4.79 Å². The van der Waals surface area contributed by atoms with E-state index in [-0.39, 0.29) is 12.1 Å². The predicted octanol–water partition coefficient (Wildman–Crippen LogP) is 3.21. The smallest absolute Gasteiger partial charge is 0.319 e. The van der Waals surface area contributed by atoms with Gasteiger partial charge in [-0.15, -0.1) is 0 Å². The summed E-state index contributed by atoms with van der Waals surface area (Å²) in [6, 6.07) is 8.08. The summed E-state index contributed by atoms with van der Waals surface area (Å²) in [4.78, 5) is 14.0. The quantitative estimate of drug-likeness (QED) is 0.877. The van der Waals surface area contributed by atoms with Gasteiger partial charge in [0.1, 0.15) is 0 Å². The van der Waals surface area contributed by atoms with E-state index in [1.54, 1.807) is 0 Å². The molecule has 1 saturated heterocycles. The molecule has 0 radical (unpaired) electrons. The molecule has 1 aliphatic heterocycles. The molecule has 1 aromatic carbocycles. The van der Waals surface area contributed by atoms with E-state index in [1.165, 1.54) is 24.9 Å². The van der Waals surface area contributed by atoms with E-state index < -0.39 is 0 Å². The van der Waals surface area contributed by atoms with Crippen LogP contribution < -0.4 is 15.5 Å². The number of anilines is 2. The van der Waals surface area contributed by atoms with Gasteiger partial charge in [0.15, 0.2) is 0 Å². The van der Waals surface area contributed by atoms with Crippen molar-refractivity contribution in [2.75, 3.05) is 23.3 Å². The van der Waals surface area contributed by atoms with Crippen LogP contribution in [0.1, 0.15) is 33.1 Å². The maximum Gasteiger partial charge on any atom is 0.319 e. The second kappa shape index (κ2) is 6.45. The Balaban J connectivity index is 1.92. The Hall–Kier alpha value is -1.71. The van der Waals surface area contributed by atoms with Crippen LogP contribution in [0.3, 0.4) is 0 Å². The van der Waals surface area contributed by atoms with Crippen molar-refractivity contribution in [2.24, 2.45) is 0 Å². The molecule has 1 aromatic rings. The van der Waals surface area contributed by atoms with Crippen molar-refractivity contribution in [3.8, 4) is 0 Å². The SMILES string of the molecule is CC(C)NC(=O)Nc1ccc(N2CCCCC2)cc1. The van der Waals surface area contributed by atoms with Crippen LogP contribution >= 0.6 is 0 Å². The van der Waals surface area contributed by atoms with Crippen LogP contribution in [0.4, 0.5) is 16.2 Å².